The highest BCUT2D eigenvalue weighted by atomic mass is 32.1. The van der Waals surface area contributed by atoms with Gasteiger partial charge in [-0.05, 0) is 23.3 Å². The van der Waals surface area contributed by atoms with Crippen LogP contribution in [0.2, 0.25) is 0 Å². The van der Waals surface area contributed by atoms with Gasteiger partial charge in [0.2, 0.25) is 5.13 Å². The SMILES string of the molecule is O=[N+]([O-])c1ccc(C=Nc2nnc(Cc3ccccc3)s2)cc1. The number of nitro groups is 1. The molecule has 0 radical (unpaired) electrons. The third-order valence-corrected chi connectivity index (χ3v) is 3.91. The van der Waals surface area contributed by atoms with E-state index in [0.717, 1.165) is 17.0 Å². The highest BCUT2D eigenvalue weighted by molar-refractivity contribution is 7.15. The molecule has 0 spiro atoms. The molecule has 7 heteroatoms. The average Bonchev–Trinajstić information content (AvgIpc) is 3.02. The average molecular weight is 324 g/mol. The molecule has 0 aliphatic heterocycles. The third-order valence-electron chi connectivity index (χ3n) is 3.08. The smallest absolute Gasteiger partial charge is 0.258 e. The van der Waals surface area contributed by atoms with Crippen molar-refractivity contribution in [2.45, 2.75) is 6.42 Å². The quantitative estimate of drug-likeness (QED) is 0.406. The van der Waals surface area contributed by atoms with Crippen molar-refractivity contribution in [3.63, 3.8) is 0 Å². The first-order chi connectivity index (χ1) is 11.2. The van der Waals surface area contributed by atoms with E-state index in [1.807, 2.05) is 30.3 Å². The van der Waals surface area contributed by atoms with Crippen LogP contribution in [0.15, 0.2) is 59.6 Å². The molecule has 0 saturated heterocycles. The summed E-state index contributed by atoms with van der Waals surface area (Å²) in [6.45, 7) is 0. The Morgan fingerprint density at radius 3 is 2.52 bits per heavy atom. The molecule has 0 saturated carbocycles. The van der Waals surface area contributed by atoms with Crippen LogP contribution < -0.4 is 0 Å². The Bertz CT molecular complexity index is 829. The van der Waals surface area contributed by atoms with E-state index in [0.29, 0.717) is 5.13 Å². The van der Waals surface area contributed by atoms with Gasteiger partial charge >= 0.3 is 0 Å². The lowest BCUT2D eigenvalue weighted by Crippen LogP contribution is -1.88. The number of aromatic nitrogens is 2. The summed E-state index contributed by atoms with van der Waals surface area (Å²) in [5.74, 6) is 0. The van der Waals surface area contributed by atoms with Gasteiger partial charge in [0, 0.05) is 24.8 Å². The summed E-state index contributed by atoms with van der Waals surface area (Å²) < 4.78 is 0. The molecule has 0 N–H and O–H groups in total. The van der Waals surface area contributed by atoms with E-state index in [9.17, 15) is 10.1 Å². The fourth-order valence-electron chi connectivity index (χ4n) is 1.95. The van der Waals surface area contributed by atoms with Crippen LogP contribution in [0.3, 0.4) is 0 Å². The number of nitro benzene ring substituents is 1. The fourth-order valence-corrected chi connectivity index (χ4v) is 2.67. The summed E-state index contributed by atoms with van der Waals surface area (Å²) >= 11 is 1.43. The second-order valence-corrected chi connectivity index (χ2v) is 5.79. The number of hydrogen-bond donors (Lipinski definition) is 0. The van der Waals surface area contributed by atoms with Crippen LogP contribution in [0.4, 0.5) is 10.8 Å². The highest BCUT2D eigenvalue weighted by Crippen LogP contribution is 2.21. The molecular formula is C16H12N4O2S. The topological polar surface area (TPSA) is 81.3 Å². The monoisotopic (exact) mass is 324 g/mol. The molecule has 23 heavy (non-hydrogen) atoms. The number of rotatable bonds is 5. The van der Waals surface area contributed by atoms with Crippen molar-refractivity contribution in [2.24, 2.45) is 4.99 Å². The zero-order valence-electron chi connectivity index (χ0n) is 12.0. The Hall–Kier alpha value is -2.93. The van der Waals surface area contributed by atoms with Crippen molar-refractivity contribution < 1.29 is 4.92 Å². The molecule has 0 aliphatic rings. The van der Waals surface area contributed by atoms with Crippen molar-refractivity contribution in [3.05, 3.63) is 80.8 Å². The summed E-state index contributed by atoms with van der Waals surface area (Å²) in [7, 11) is 0. The normalized spacial score (nSPS) is 11.0. The molecule has 3 rings (SSSR count). The molecule has 1 aromatic heterocycles. The van der Waals surface area contributed by atoms with Crippen molar-refractivity contribution in [3.8, 4) is 0 Å². The lowest BCUT2D eigenvalue weighted by molar-refractivity contribution is -0.384. The molecule has 2 aromatic carbocycles. The lowest BCUT2D eigenvalue weighted by atomic mass is 10.2. The van der Waals surface area contributed by atoms with Crippen LogP contribution >= 0.6 is 11.3 Å². The molecule has 0 atom stereocenters. The molecule has 0 unspecified atom stereocenters. The highest BCUT2D eigenvalue weighted by Gasteiger charge is 2.05. The first-order valence-corrected chi connectivity index (χ1v) is 7.67. The maximum absolute atomic E-state index is 10.6. The second-order valence-electron chi connectivity index (χ2n) is 4.75. The summed E-state index contributed by atoms with van der Waals surface area (Å²) in [5.41, 5.74) is 2.01. The largest absolute Gasteiger partial charge is 0.269 e. The van der Waals surface area contributed by atoms with Gasteiger partial charge in [0.1, 0.15) is 5.01 Å². The number of nitrogens with zero attached hydrogens (tertiary/aromatic N) is 4. The van der Waals surface area contributed by atoms with Gasteiger partial charge < -0.3 is 0 Å². The summed E-state index contributed by atoms with van der Waals surface area (Å²) in [4.78, 5) is 14.4. The molecule has 6 nitrogen and oxygen atoms in total. The Morgan fingerprint density at radius 1 is 1.09 bits per heavy atom. The van der Waals surface area contributed by atoms with Gasteiger partial charge in [-0.3, -0.25) is 10.1 Å². The summed E-state index contributed by atoms with van der Waals surface area (Å²) in [5, 5.41) is 20.2. The summed E-state index contributed by atoms with van der Waals surface area (Å²) in [6.07, 6.45) is 2.35. The Kier molecular flexibility index (Phi) is 4.49. The predicted molar refractivity (Wildman–Crippen MR) is 89.5 cm³/mol. The Labute approximate surface area is 136 Å². The zero-order chi connectivity index (χ0) is 16.1. The summed E-state index contributed by atoms with van der Waals surface area (Å²) in [6, 6.07) is 16.2. The molecule has 0 amide bonds. The molecule has 1 heterocycles. The van der Waals surface area contributed by atoms with Crippen LogP contribution in [0.25, 0.3) is 0 Å². The second kappa shape index (κ2) is 6.89. The lowest BCUT2D eigenvalue weighted by Gasteiger charge is -1.94. The van der Waals surface area contributed by atoms with E-state index in [2.05, 4.69) is 15.2 Å². The van der Waals surface area contributed by atoms with Gasteiger partial charge in [-0.25, -0.2) is 4.99 Å². The molecule has 114 valence electrons. The van der Waals surface area contributed by atoms with Crippen molar-refractivity contribution >= 4 is 28.4 Å². The maximum Gasteiger partial charge on any atom is 0.269 e. The van der Waals surface area contributed by atoms with E-state index in [1.54, 1.807) is 18.3 Å². The minimum atomic E-state index is -0.429. The molecule has 3 aromatic rings. The number of non-ortho nitro benzene ring substituents is 1. The number of benzene rings is 2. The first kappa shape index (κ1) is 15.0. The molecule has 0 fully saturated rings. The third kappa shape index (κ3) is 4.04. The van der Waals surface area contributed by atoms with Gasteiger partial charge in [-0.15, -0.1) is 10.2 Å². The minimum absolute atomic E-state index is 0.0585. The van der Waals surface area contributed by atoms with Crippen LogP contribution in [0.5, 0.6) is 0 Å². The zero-order valence-corrected chi connectivity index (χ0v) is 12.8. The van der Waals surface area contributed by atoms with E-state index in [-0.39, 0.29) is 5.69 Å². The van der Waals surface area contributed by atoms with Crippen LogP contribution in [0, 0.1) is 10.1 Å². The molecular weight excluding hydrogens is 312 g/mol. The van der Waals surface area contributed by atoms with Crippen molar-refractivity contribution in [1.82, 2.24) is 10.2 Å². The van der Waals surface area contributed by atoms with Crippen LogP contribution in [-0.4, -0.2) is 21.3 Å². The van der Waals surface area contributed by atoms with Gasteiger partial charge in [0.05, 0.1) is 4.92 Å². The van der Waals surface area contributed by atoms with E-state index in [4.69, 9.17) is 0 Å². The maximum atomic E-state index is 10.6. The van der Waals surface area contributed by atoms with Gasteiger partial charge in [-0.1, -0.05) is 41.7 Å². The minimum Gasteiger partial charge on any atom is -0.258 e. The number of hydrogen-bond acceptors (Lipinski definition) is 6. The van der Waals surface area contributed by atoms with Gasteiger partial charge in [0.25, 0.3) is 5.69 Å². The Morgan fingerprint density at radius 2 is 1.83 bits per heavy atom. The van der Waals surface area contributed by atoms with Crippen LogP contribution in [0.1, 0.15) is 16.1 Å². The van der Waals surface area contributed by atoms with Gasteiger partial charge in [0.15, 0.2) is 0 Å². The molecule has 0 bridgehead atoms. The van der Waals surface area contributed by atoms with E-state index >= 15 is 0 Å². The Balaban J connectivity index is 1.67. The first-order valence-electron chi connectivity index (χ1n) is 6.85. The van der Waals surface area contributed by atoms with E-state index in [1.165, 1.54) is 29.0 Å². The van der Waals surface area contributed by atoms with Crippen LogP contribution in [-0.2, 0) is 6.42 Å². The standard InChI is InChI=1S/C16H12N4O2S/c21-20(22)14-8-6-13(7-9-14)11-17-16-19-18-15(23-16)10-12-4-2-1-3-5-12/h1-9,11H,10H2. The predicted octanol–water partition coefficient (Wildman–Crippen LogP) is 3.79. The van der Waals surface area contributed by atoms with Gasteiger partial charge in [-0.2, -0.15) is 0 Å². The van der Waals surface area contributed by atoms with Crippen molar-refractivity contribution in [2.75, 3.05) is 0 Å². The van der Waals surface area contributed by atoms with Crippen molar-refractivity contribution in [1.29, 1.82) is 0 Å². The van der Waals surface area contributed by atoms with E-state index < -0.39 is 4.92 Å². The number of aliphatic imine (C=N–C) groups is 1. The molecule has 0 aliphatic carbocycles. The fraction of sp³-hybridized carbons (Fsp3) is 0.0625.